The van der Waals surface area contributed by atoms with E-state index in [1.165, 1.54) is 0 Å². The molecule has 2 N–H and O–H groups in total. The van der Waals surface area contributed by atoms with Crippen LogP contribution in [0.25, 0.3) is 0 Å². The molecule has 0 bridgehead atoms. The van der Waals surface area contributed by atoms with Gasteiger partial charge in [0.25, 0.3) is 0 Å². The molecular formula is C11H23NO2. The van der Waals surface area contributed by atoms with Crippen molar-refractivity contribution in [2.75, 3.05) is 6.61 Å². The Morgan fingerprint density at radius 1 is 1.14 bits per heavy atom. The van der Waals surface area contributed by atoms with Gasteiger partial charge in [0.1, 0.15) is 6.04 Å². The monoisotopic (exact) mass is 201 g/mol. The van der Waals surface area contributed by atoms with E-state index in [4.69, 9.17) is 10.5 Å². The number of hydrogen-bond donors (Lipinski definition) is 1. The van der Waals surface area contributed by atoms with Crippen molar-refractivity contribution < 1.29 is 9.53 Å². The molecule has 0 fully saturated rings. The topological polar surface area (TPSA) is 52.3 Å². The van der Waals surface area contributed by atoms with Gasteiger partial charge in [-0.3, -0.25) is 4.79 Å². The second kappa shape index (κ2) is 6.02. The highest BCUT2D eigenvalue weighted by Gasteiger charge is 2.19. The normalized spacial score (nSPS) is 15.7. The molecule has 0 saturated carbocycles. The number of carbonyl (C=O) groups is 1. The molecule has 0 aliphatic heterocycles. The highest BCUT2D eigenvalue weighted by molar-refractivity contribution is 5.75. The molecular weight excluding hydrogens is 178 g/mol. The summed E-state index contributed by atoms with van der Waals surface area (Å²) < 4.78 is 5.12. The van der Waals surface area contributed by atoms with Crippen molar-refractivity contribution in [3.05, 3.63) is 0 Å². The largest absolute Gasteiger partial charge is 0.464 e. The Balaban J connectivity index is 3.85. The van der Waals surface area contributed by atoms with Crippen molar-refractivity contribution in [3.63, 3.8) is 0 Å². The quantitative estimate of drug-likeness (QED) is 0.690. The molecule has 0 radical (unpaired) electrons. The van der Waals surface area contributed by atoms with Gasteiger partial charge >= 0.3 is 5.97 Å². The Kier molecular flexibility index (Phi) is 5.77. The minimum absolute atomic E-state index is 0.136. The van der Waals surface area contributed by atoms with E-state index in [1.807, 2.05) is 13.8 Å². The van der Waals surface area contributed by atoms with Crippen LogP contribution in [-0.2, 0) is 9.53 Å². The molecule has 0 aromatic carbocycles. The minimum atomic E-state index is -0.491. The Hall–Kier alpha value is -0.570. The predicted octanol–water partition coefficient (Wildman–Crippen LogP) is 1.80. The summed E-state index contributed by atoms with van der Waals surface area (Å²) in [7, 11) is 0. The van der Waals surface area contributed by atoms with Crippen LogP contribution in [0.3, 0.4) is 0 Å². The standard InChI is InChI=1S/C11H23NO2/c1-7(2)9(5)6-14-11(13)10(12)8(3)4/h7-10H,6,12H2,1-5H3. The number of carbonyl (C=O) groups excluding carboxylic acids is 1. The molecule has 0 spiro atoms. The summed E-state index contributed by atoms with van der Waals surface area (Å²) in [5.74, 6) is 0.765. The van der Waals surface area contributed by atoms with Crippen LogP contribution in [0.1, 0.15) is 34.6 Å². The first-order valence-electron chi connectivity index (χ1n) is 5.28. The van der Waals surface area contributed by atoms with Gasteiger partial charge in [0, 0.05) is 0 Å². The molecule has 3 heteroatoms. The number of rotatable bonds is 5. The fourth-order valence-electron chi connectivity index (χ4n) is 0.774. The minimum Gasteiger partial charge on any atom is -0.464 e. The maximum absolute atomic E-state index is 11.4. The Morgan fingerprint density at radius 2 is 1.64 bits per heavy atom. The molecule has 0 amide bonds. The van der Waals surface area contributed by atoms with Gasteiger partial charge in [-0.05, 0) is 17.8 Å². The van der Waals surface area contributed by atoms with Crippen LogP contribution < -0.4 is 5.73 Å². The van der Waals surface area contributed by atoms with Gasteiger partial charge in [-0.2, -0.15) is 0 Å². The number of ether oxygens (including phenoxy) is 1. The average Bonchev–Trinajstić information content (AvgIpc) is 2.11. The van der Waals surface area contributed by atoms with Gasteiger partial charge in [0.15, 0.2) is 0 Å². The Morgan fingerprint density at radius 3 is 2.00 bits per heavy atom. The zero-order valence-corrected chi connectivity index (χ0v) is 9.91. The van der Waals surface area contributed by atoms with E-state index in [2.05, 4.69) is 20.8 Å². The van der Waals surface area contributed by atoms with Gasteiger partial charge < -0.3 is 10.5 Å². The molecule has 0 saturated heterocycles. The molecule has 84 valence electrons. The summed E-state index contributed by atoms with van der Waals surface area (Å²) in [6, 6.07) is -0.491. The fraction of sp³-hybridized carbons (Fsp3) is 0.909. The molecule has 0 aliphatic rings. The second-order valence-corrected chi connectivity index (χ2v) is 4.62. The first-order chi connectivity index (χ1) is 6.36. The van der Waals surface area contributed by atoms with E-state index in [0.717, 1.165) is 0 Å². The molecule has 2 unspecified atom stereocenters. The maximum atomic E-state index is 11.4. The van der Waals surface area contributed by atoms with Crippen LogP contribution >= 0.6 is 0 Å². The third-order valence-electron chi connectivity index (χ3n) is 2.62. The van der Waals surface area contributed by atoms with Gasteiger partial charge in [0.2, 0.25) is 0 Å². The maximum Gasteiger partial charge on any atom is 0.323 e. The lowest BCUT2D eigenvalue weighted by Gasteiger charge is -2.18. The van der Waals surface area contributed by atoms with Crippen LogP contribution in [0.4, 0.5) is 0 Å². The van der Waals surface area contributed by atoms with Crippen LogP contribution in [0.15, 0.2) is 0 Å². The van der Waals surface area contributed by atoms with Crippen molar-refractivity contribution in [1.29, 1.82) is 0 Å². The third kappa shape index (κ3) is 4.61. The fourth-order valence-corrected chi connectivity index (χ4v) is 0.774. The zero-order valence-electron chi connectivity index (χ0n) is 9.91. The van der Waals surface area contributed by atoms with Crippen molar-refractivity contribution in [3.8, 4) is 0 Å². The molecule has 0 aliphatic carbocycles. The van der Waals surface area contributed by atoms with Crippen molar-refractivity contribution in [2.24, 2.45) is 23.5 Å². The van der Waals surface area contributed by atoms with E-state index >= 15 is 0 Å². The summed E-state index contributed by atoms with van der Waals surface area (Å²) in [6.07, 6.45) is 0. The van der Waals surface area contributed by atoms with Crippen LogP contribution in [0.5, 0.6) is 0 Å². The number of nitrogens with two attached hydrogens (primary N) is 1. The van der Waals surface area contributed by atoms with Gasteiger partial charge in [-0.15, -0.1) is 0 Å². The highest BCUT2D eigenvalue weighted by Crippen LogP contribution is 2.10. The summed E-state index contributed by atoms with van der Waals surface area (Å²) in [6.45, 7) is 10.6. The lowest BCUT2D eigenvalue weighted by Crippen LogP contribution is -2.37. The lowest BCUT2D eigenvalue weighted by molar-refractivity contribution is -0.147. The van der Waals surface area contributed by atoms with Gasteiger partial charge in [-0.25, -0.2) is 0 Å². The SMILES string of the molecule is CC(C)C(C)COC(=O)C(N)C(C)C. The Labute approximate surface area is 87.0 Å². The summed E-state index contributed by atoms with van der Waals surface area (Å²) >= 11 is 0. The molecule has 0 aromatic heterocycles. The third-order valence-corrected chi connectivity index (χ3v) is 2.62. The van der Waals surface area contributed by atoms with E-state index in [0.29, 0.717) is 18.4 Å². The van der Waals surface area contributed by atoms with Crippen LogP contribution in [-0.4, -0.2) is 18.6 Å². The molecule has 0 aromatic rings. The number of hydrogen-bond acceptors (Lipinski definition) is 3. The molecule has 0 rings (SSSR count). The van der Waals surface area contributed by atoms with Crippen molar-refractivity contribution in [1.82, 2.24) is 0 Å². The predicted molar refractivity (Wildman–Crippen MR) is 57.8 cm³/mol. The molecule has 14 heavy (non-hydrogen) atoms. The first-order valence-corrected chi connectivity index (χ1v) is 5.28. The summed E-state index contributed by atoms with van der Waals surface area (Å²) in [5, 5.41) is 0. The van der Waals surface area contributed by atoms with Crippen molar-refractivity contribution in [2.45, 2.75) is 40.7 Å². The molecule has 3 nitrogen and oxygen atoms in total. The number of esters is 1. The van der Waals surface area contributed by atoms with Crippen LogP contribution in [0.2, 0.25) is 0 Å². The van der Waals surface area contributed by atoms with Gasteiger partial charge in [0.05, 0.1) is 6.61 Å². The Bertz CT molecular complexity index is 178. The zero-order chi connectivity index (χ0) is 11.3. The van der Waals surface area contributed by atoms with E-state index < -0.39 is 6.04 Å². The van der Waals surface area contributed by atoms with Crippen molar-refractivity contribution >= 4 is 5.97 Å². The average molecular weight is 201 g/mol. The highest BCUT2D eigenvalue weighted by atomic mass is 16.5. The summed E-state index contributed by atoms with van der Waals surface area (Å²) in [5.41, 5.74) is 5.65. The van der Waals surface area contributed by atoms with Gasteiger partial charge in [-0.1, -0.05) is 34.6 Å². The van der Waals surface area contributed by atoms with Crippen LogP contribution in [0, 0.1) is 17.8 Å². The lowest BCUT2D eigenvalue weighted by atomic mass is 9.99. The first kappa shape index (κ1) is 13.4. The molecule has 2 atom stereocenters. The molecule has 0 heterocycles. The smallest absolute Gasteiger partial charge is 0.323 e. The second-order valence-electron chi connectivity index (χ2n) is 4.62. The van der Waals surface area contributed by atoms with E-state index in [9.17, 15) is 4.79 Å². The van der Waals surface area contributed by atoms with E-state index in [-0.39, 0.29) is 11.9 Å². The summed E-state index contributed by atoms with van der Waals surface area (Å²) in [4.78, 5) is 11.4. The van der Waals surface area contributed by atoms with E-state index in [1.54, 1.807) is 0 Å².